The molecule has 0 aromatic rings. The molecule has 1 atom stereocenters. The zero-order valence-corrected chi connectivity index (χ0v) is 11.1. The lowest BCUT2D eigenvalue weighted by atomic mass is 10.1. The first-order valence-electron chi connectivity index (χ1n) is 5.88. The van der Waals surface area contributed by atoms with Crippen molar-refractivity contribution in [2.24, 2.45) is 0 Å². The molecule has 4 nitrogen and oxygen atoms in total. The van der Waals surface area contributed by atoms with Crippen LogP contribution in [0.15, 0.2) is 0 Å². The Kier molecular flexibility index (Phi) is 6.41. The second-order valence-corrected chi connectivity index (χ2v) is 5.07. The fourth-order valence-electron chi connectivity index (χ4n) is 1.33. The van der Waals surface area contributed by atoms with Crippen molar-refractivity contribution < 1.29 is 14.6 Å². The van der Waals surface area contributed by atoms with Crippen LogP contribution in [-0.4, -0.2) is 41.4 Å². The molecular formula is C12H25NO3. The Morgan fingerprint density at radius 1 is 1.44 bits per heavy atom. The second-order valence-electron chi connectivity index (χ2n) is 5.07. The number of nitrogens with zero attached hydrogens (tertiary/aromatic N) is 1. The molecule has 0 saturated heterocycles. The molecule has 4 heteroatoms. The van der Waals surface area contributed by atoms with Gasteiger partial charge in [0.25, 0.3) is 0 Å². The molecule has 1 unspecified atom stereocenters. The van der Waals surface area contributed by atoms with Crippen LogP contribution in [0.25, 0.3) is 0 Å². The van der Waals surface area contributed by atoms with E-state index >= 15 is 0 Å². The molecule has 0 fully saturated rings. The molecule has 0 aliphatic carbocycles. The van der Waals surface area contributed by atoms with Crippen LogP contribution < -0.4 is 0 Å². The summed E-state index contributed by atoms with van der Waals surface area (Å²) in [4.78, 5) is 13.2. The third-order valence-corrected chi connectivity index (χ3v) is 2.33. The lowest BCUT2D eigenvalue weighted by Gasteiger charge is -2.29. The van der Waals surface area contributed by atoms with E-state index in [0.717, 1.165) is 19.3 Å². The third-order valence-electron chi connectivity index (χ3n) is 2.33. The number of aliphatic hydroxyl groups is 1. The van der Waals surface area contributed by atoms with Crippen LogP contribution in [0.4, 0.5) is 4.79 Å². The molecule has 16 heavy (non-hydrogen) atoms. The van der Waals surface area contributed by atoms with Crippen molar-refractivity contribution in [1.29, 1.82) is 0 Å². The van der Waals surface area contributed by atoms with E-state index < -0.39 is 5.60 Å². The van der Waals surface area contributed by atoms with Gasteiger partial charge >= 0.3 is 6.09 Å². The highest BCUT2D eigenvalue weighted by molar-refractivity contribution is 5.68. The number of hydrogen-bond acceptors (Lipinski definition) is 3. The maximum Gasteiger partial charge on any atom is 0.410 e. The van der Waals surface area contributed by atoms with Gasteiger partial charge in [0.2, 0.25) is 0 Å². The number of ether oxygens (including phenoxy) is 1. The summed E-state index contributed by atoms with van der Waals surface area (Å²) in [6.45, 7) is 7.56. The van der Waals surface area contributed by atoms with Gasteiger partial charge in [0.1, 0.15) is 5.60 Å². The number of unbranched alkanes of at least 4 members (excludes halogenated alkanes) is 1. The summed E-state index contributed by atoms with van der Waals surface area (Å²) < 4.78 is 5.24. The predicted molar refractivity (Wildman–Crippen MR) is 64.4 cm³/mol. The molecule has 0 radical (unpaired) electrons. The summed E-state index contributed by atoms with van der Waals surface area (Å²) in [7, 11) is 1.67. The van der Waals surface area contributed by atoms with Crippen LogP contribution in [0, 0.1) is 0 Å². The van der Waals surface area contributed by atoms with E-state index in [0.29, 0.717) is 0 Å². The van der Waals surface area contributed by atoms with E-state index in [1.54, 1.807) is 7.05 Å². The van der Waals surface area contributed by atoms with Gasteiger partial charge in [-0.25, -0.2) is 4.79 Å². The highest BCUT2D eigenvalue weighted by Crippen LogP contribution is 2.13. The smallest absolute Gasteiger partial charge is 0.410 e. The average Bonchev–Trinajstić information content (AvgIpc) is 2.16. The minimum Gasteiger partial charge on any atom is -0.444 e. The van der Waals surface area contributed by atoms with E-state index in [9.17, 15) is 9.90 Å². The summed E-state index contributed by atoms with van der Waals surface area (Å²) in [6, 6.07) is -0.144. The van der Waals surface area contributed by atoms with Crippen LogP contribution >= 0.6 is 0 Å². The SMILES string of the molecule is CCCCC(CO)N(C)C(=O)OC(C)(C)C. The monoisotopic (exact) mass is 231 g/mol. The molecule has 0 aromatic heterocycles. The van der Waals surface area contributed by atoms with Gasteiger partial charge in [0.15, 0.2) is 0 Å². The van der Waals surface area contributed by atoms with Crippen molar-refractivity contribution in [2.75, 3.05) is 13.7 Å². The fraction of sp³-hybridized carbons (Fsp3) is 0.917. The average molecular weight is 231 g/mol. The first-order valence-corrected chi connectivity index (χ1v) is 5.88. The molecule has 0 heterocycles. The summed E-state index contributed by atoms with van der Waals surface area (Å²) in [5.74, 6) is 0. The molecular weight excluding hydrogens is 206 g/mol. The van der Waals surface area contributed by atoms with Crippen LogP contribution in [0.5, 0.6) is 0 Å². The van der Waals surface area contributed by atoms with Gasteiger partial charge in [-0.1, -0.05) is 19.8 Å². The van der Waals surface area contributed by atoms with E-state index in [2.05, 4.69) is 6.92 Å². The summed E-state index contributed by atoms with van der Waals surface area (Å²) in [5.41, 5.74) is -0.490. The van der Waals surface area contributed by atoms with Gasteiger partial charge in [-0.2, -0.15) is 0 Å². The topological polar surface area (TPSA) is 49.8 Å². The van der Waals surface area contributed by atoms with Crippen molar-refractivity contribution in [3.63, 3.8) is 0 Å². The normalized spacial score (nSPS) is 13.4. The van der Waals surface area contributed by atoms with Gasteiger partial charge in [0.05, 0.1) is 12.6 Å². The van der Waals surface area contributed by atoms with Crippen molar-refractivity contribution in [3.05, 3.63) is 0 Å². The summed E-state index contributed by atoms with van der Waals surface area (Å²) >= 11 is 0. The van der Waals surface area contributed by atoms with E-state index in [4.69, 9.17) is 4.74 Å². The Morgan fingerprint density at radius 3 is 2.38 bits per heavy atom. The van der Waals surface area contributed by atoms with Crippen molar-refractivity contribution in [3.8, 4) is 0 Å². The Hall–Kier alpha value is -0.770. The highest BCUT2D eigenvalue weighted by atomic mass is 16.6. The first kappa shape index (κ1) is 15.2. The minimum absolute atomic E-state index is 0.0181. The lowest BCUT2D eigenvalue weighted by molar-refractivity contribution is 0.0150. The zero-order valence-electron chi connectivity index (χ0n) is 11.1. The van der Waals surface area contributed by atoms with E-state index in [-0.39, 0.29) is 18.7 Å². The number of amides is 1. The third kappa shape index (κ3) is 5.95. The van der Waals surface area contributed by atoms with Crippen LogP contribution in [0.1, 0.15) is 47.0 Å². The van der Waals surface area contributed by atoms with Crippen molar-refractivity contribution in [1.82, 2.24) is 4.90 Å². The van der Waals surface area contributed by atoms with Crippen LogP contribution in [-0.2, 0) is 4.74 Å². The lowest BCUT2D eigenvalue weighted by Crippen LogP contribution is -2.42. The van der Waals surface area contributed by atoms with E-state index in [1.165, 1.54) is 4.90 Å². The summed E-state index contributed by atoms with van der Waals surface area (Å²) in [5, 5.41) is 9.22. The molecule has 0 bridgehead atoms. The molecule has 1 N–H and O–H groups in total. The maximum absolute atomic E-state index is 11.7. The summed E-state index contributed by atoms with van der Waals surface area (Å²) in [6.07, 6.45) is 2.49. The van der Waals surface area contributed by atoms with Gasteiger partial charge in [0, 0.05) is 7.05 Å². The Bertz CT molecular complexity index is 211. The first-order chi connectivity index (χ1) is 7.31. The Morgan fingerprint density at radius 2 is 2.00 bits per heavy atom. The quantitative estimate of drug-likeness (QED) is 0.790. The molecule has 0 aliphatic heterocycles. The molecule has 1 amide bonds. The molecule has 96 valence electrons. The molecule has 0 aromatic carbocycles. The van der Waals surface area contributed by atoms with Crippen molar-refractivity contribution in [2.45, 2.75) is 58.6 Å². The number of carbonyl (C=O) groups excluding carboxylic acids is 1. The largest absolute Gasteiger partial charge is 0.444 e. The Balaban J connectivity index is 4.27. The molecule has 0 aliphatic rings. The van der Waals surface area contributed by atoms with Gasteiger partial charge in [-0.3, -0.25) is 0 Å². The number of rotatable bonds is 5. The number of likely N-dealkylation sites (N-methyl/N-ethyl adjacent to an activating group) is 1. The standard InChI is InChI=1S/C12H25NO3/c1-6-7-8-10(9-14)13(5)11(15)16-12(2,3)4/h10,14H,6-9H2,1-5H3. The van der Waals surface area contributed by atoms with Gasteiger partial charge in [-0.15, -0.1) is 0 Å². The van der Waals surface area contributed by atoms with Gasteiger partial charge in [-0.05, 0) is 27.2 Å². The maximum atomic E-state index is 11.7. The van der Waals surface area contributed by atoms with Gasteiger partial charge < -0.3 is 14.7 Å². The number of hydrogen-bond donors (Lipinski definition) is 1. The predicted octanol–water partition coefficient (Wildman–Crippen LogP) is 2.40. The van der Waals surface area contributed by atoms with E-state index in [1.807, 2.05) is 20.8 Å². The fourth-order valence-corrected chi connectivity index (χ4v) is 1.33. The minimum atomic E-state index is -0.490. The number of carbonyl (C=O) groups is 1. The second kappa shape index (κ2) is 6.74. The molecule has 0 spiro atoms. The van der Waals surface area contributed by atoms with Crippen LogP contribution in [0.2, 0.25) is 0 Å². The molecule has 0 rings (SSSR count). The van der Waals surface area contributed by atoms with Crippen LogP contribution in [0.3, 0.4) is 0 Å². The number of aliphatic hydroxyl groups excluding tert-OH is 1. The zero-order chi connectivity index (χ0) is 12.8. The Labute approximate surface area is 98.6 Å². The van der Waals surface area contributed by atoms with Crippen molar-refractivity contribution >= 4 is 6.09 Å². The molecule has 0 saturated carbocycles. The highest BCUT2D eigenvalue weighted by Gasteiger charge is 2.24.